The molecule has 0 aromatic carbocycles. The second-order valence-electron chi connectivity index (χ2n) is 13.6. The van der Waals surface area contributed by atoms with Crippen molar-refractivity contribution in [3.05, 3.63) is 25.3 Å². The van der Waals surface area contributed by atoms with Gasteiger partial charge in [0.15, 0.2) is 5.78 Å². The molecule has 6 heteroatoms. The lowest BCUT2D eigenvalue weighted by Crippen LogP contribution is -2.48. The van der Waals surface area contributed by atoms with E-state index in [4.69, 9.17) is 18.9 Å². The summed E-state index contributed by atoms with van der Waals surface area (Å²) in [5.74, 6) is -0.551. The summed E-state index contributed by atoms with van der Waals surface area (Å²) in [4.78, 5) is 23.6. The topological polar surface area (TPSA) is 71.1 Å². The van der Waals surface area contributed by atoms with Crippen LogP contribution in [-0.2, 0) is 28.5 Å². The number of ether oxygens (including phenoxy) is 4. The monoisotopic (exact) mass is 524 g/mol. The molecule has 0 N–H and O–H groups in total. The van der Waals surface area contributed by atoms with Gasteiger partial charge >= 0.3 is 5.97 Å². The zero-order valence-corrected chi connectivity index (χ0v) is 26.1. The van der Waals surface area contributed by atoms with Gasteiger partial charge in [-0.3, -0.25) is 4.79 Å². The summed E-state index contributed by atoms with van der Waals surface area (Å²) in [6.07, 6.45) is 4.59. The van der Waals surface area contributed by atoms with E-state index in [1.165, 1.54) is 12.2 Å². The number of carbonyl (C=O) groups excluding carboxylic acids is 2. The quantitative estimate of drug-likeness (QED) is 0.139. The van der Waals surface area contributed by atoms with Gasteiger partial charge in [0.2, 0.25) is 0 Å². The second-order valence-corrected chi connectivity index (χ2v) is 13.6. The average Bonchev–Trinajstić information content (AvgIpc) is 2.70. The first-order valence-electron chi connectivity index (χ1n) is 13.4. The highest BCUT2D eigenvalue weighted by Crippen LogP contribution is 2.43. The third-order valence-electron chi connectivity index (χ3n) is 8.23. The predicted octanol–water partition coefficient (Wildman–Crippen LogP) is 7.25. The first-order chi connectivity index (χ1) is 16.5. The maximum absolute atomic E-state index is 12.0. The molecule has 0 spiro atoms. The van der Waals surface area contributed by atoms with Crippen molar-refractivity contribution in [1.29, 1.82) is 0 Å². The van der Waals surface area contributed by atoms with Crippen LogP contribution in [0.25, 0.3) is 0 Å². The summed E-state index contributed by atoms with van der Waals surface area (Å²) < 4.78 is 24.3. The van der Waals surface area contributed by atoms with Crippen molar-refractivity contribution in [2.45, 2.75) is 138 Å². The smallest absolute Gasteiger partial charge is 0.330 e. The minimum Gasteiger partial charge on any atom is -0.456 e. The molecule has 0 bridgehead atoms. The van der Waals surface area contributed by atoms with Gasteiger partial charge < -0.3 is 18.9 Å². The van der Waals surface area contributed by atoms with Crippen LogP contribution in [0, 0.1) is 10.8 Å². The van der Waals surface area contributed by atoms with E-state index in [9.17, 15) is 9.59 Å². The Morgan fingerprint density at radius 1 is 0.730 bits per heavy atom. The molecule has 0 radical (unpaired) electrons. The molecule has 0 aliphatic rings. The highest BCUT2D eigenvalue weighted by molar-refractivity contribution is 5.95. The number of ketones is 1. The van der Waals surface area contributed by atoms with Gasteiger partial charge in [-0.05, 0) is 92.1 Å². The van der Waals surface area contributed by atoms with Crippen molar-refractivity contribution >= 4 is 11.8 Å². The van der Waals surface area contributed by atoms with Crippen molar-refractivity contribution in [2.75, 3.05) is 13.2 Å². The Hall–Kier alpha value is -1.50. The maximum Gasteiger partial charge on any atom is 0.330 e. The number of carbonyl (C=O) groups is 2. The Labute approximate surface area is 227 Å². The summed E-state index contributed by atoms with van der Waals surface area (Å²) in [7, 11) is 0. The van der Waals surface area contributed by atoms with Crippen molar-refractivity contribution in [2.24, 2.45) is 10.8 Å². The molecule has 0 heterocycles. The molecule has 37 heavy (non-hydrogen) atoms. The number of hydrogen-bond acceptors (Lipinski definition) is 6. The lowest BCUT2D eigenvalue weighted by Gasteiger charge is -2.47. The summed E-state index contributed by atoms with van der Waals surface area (Å²) in [5, 5.41) is 0. The van der Waals surface area contributed by atoms with Crippen molar-refractivity contribution in [1.82, 2.24) is 0 Å². The zero-order valence-electron chi connectivity index (χ0n) is 26.1. The van der Waals surface area contributed by atoms with Crippen LogP contribution in [0.15, 0.2) is 25.3 Å². The van der Waals surface area contributed by atoms with Gasteiger partial charge in [-0.2, -0.15) is 0 Å². The van der Waals surface area contributed by atoms with Gasteiger partial charge in [0.05, 0.1) is 23.9 Å². The minimum atomic E-state index is -0.881. The molecule has 0 rings (SSSR count). The first-order valence-corrected chi connectivity index (χ1v) is 13.4. The molecule has 1 unspecified atom stereocenters. The standard InChI is InChI=1S/C31H56O6/c1-16-24(32)29(10,11)34-20-18-26(4,5)31(14,15)36-23(3)22-27(6,7)30(12,13)35-21-19-28(8,9)37-25(33)17-2/h16-17,23H,1-2,18-22H2,3-15H3. The van der Waals surface area contributed by atoms with Gasteiger partial charge in [0.25, 0.3) is 0 Å². The Kier molecular flexibility index (Phi) is 12.5. The fourth-order valence-corrected chi connectivity index (χ4v) is 3.96. The number of esters is 1. The number of hydrogen-bond donors (Lipinski definition) is 0. The SMILES string of the molecule is C=CC(=O)OC(C)(C)CCOC(C)(C)C(C)(C)CC(C)OC(C)(C)C(C)(C)CCOC(C)(C)C(=O)C=C. The summed E-state index contributed by atoms with van der Waals surface area (Å²) >= 11 is 0. The Balaban J connectivity index is 5.08. The zero-order chi connectivity index (χ0) is 29.5. The second kappa shape index (κ2) is 13.0. The Morgan fingerprint density at radius 2 is 1.24 bits per heavy atom. The van der Waals surface area contributed by atoms with Crippen LogP contribution in [0.4, 0.5) is 0 Å². The summed E-state index contributed by atoms with van der Waals surface area (Å²) in [6.45, 7) is 34.5. The molecule has 0 saturated carbocycles. The fourth-order valence-electron chi connectivity index (χ4n) is 3.96. The highest BCUT2D eigenvalue weighted by atomic mass is 16.6. The van der Waals surface area contributed by atoms with Gasteiger partial charge in [-0.15, -0.1) is 0 Å². The molecule has 0 aliphatic heterocycles. The van der Waals surface area contributed by atoms with E-state index in [2.05, 4.69) is 75.5 Å². The van der Waals surface area contributed by atoms with Crippen LogP contribution < -0.4 is 0 Å². The Morgan fingerprint density at radius 3 is 1.73 bits per heavy atom. The molecular formula is C31H56O6. The molecular weight excluding hydrogens is 468 g/mol. The van der Waals surface area contributed by atoms with E-state index in [1.54, 1.807) is 13.8 Å². The van der Waals surface area contributed by atoms with Crippen LogP contribution in [0.5, 0.6) is 0 Å². The summed E-state index contributed by atoms with van der Waals surface area (Å²) in [5.41, 5.74) is -2.75. The largest absolute Gasteiger partial charge is 0.456 e. The van der Waals surface area contributed by atoms with Crippen LogP contribution >= 0.6 is 0 Å². The summed E-state index contributed by atoms with van der Waals surface area (Å²) in [6, 6.07) is 0. The van der Waals surface area contributed by atoms with E-state index >= 15 is 0 Å². The molecule has 0 amide bonds. The van der Waals surface area contributed by atoms with Gasteiger partial charge in [0, 0.05) is 19.1 Å². The third-order valence-corrected chi connectivity index (χ3v) is 8.23. The molecule has 0 aromatic heterocycles. The van der Waals surface area contributed by atoms with Crippen molar-refractivity contribution in [3.63, 3.8) is 0 Å². The van der Waals surface area contributed by atoms with Gasteiger partial charge in [0.1, 0.15) is 11.2 Å². The van der Waals surface area contributed by atoms with Crippen molar-refractivity contribution < 1.29 is 28.5 Å². The minimum absolute atomic E-state index is 0.0168. The van der Waals surface area contributed by atoms with Gasteiger partial charge in [-0.1, -0.05) is 40.9 Å². The molecule has 6 nitrogen and oxygen atoms in total. The van der Waals surface area contributed by atoms with Crippen LogP contribution in [0.3, 0.4) is 0 Å². The van der Waals surface area contributed by atoms with Crippen LogP contribution in [0.2, 0.25) is 0 Å². The predicted molar refractivity (Wildman–Crippen MR) is 152 cm³/mol. The fraction of sp³-hybridized carbons (Fsp3) is 0.806. The normalized spacial score (nSPS) is 14.7. The van der Waals surface area contributed by atoms with Crippen LogP contribution in [0.1, 0.15) is 109 Å². The molecule has 216 valence electrons. The van der Waals surface area contributed by atoms with E-state index in [-0.39, 0.29) is 22.7 Å². The average molecular weight is 525 g/mol. The lowest BCUT2D eigenvalue weighted by atomic mass is 9.72. The Bertz CT molecular complexity index is 786. The molecule has 0 aliphatic carbocycles. The van der Waals surface area contributed by atoms with Crippen molar-refractivity contribution in [3.8, 4) is 0 Å². The first kappa shape index (κ1) is 35.5. The van der Waals surface area contributed by atoms with E-state index in [0.717, 1.165) is 12.8 Å². The third kappa shape index (κ3) is 11.0. The van der Waals surface area contributed by atoms with Crippen LogP contribution in [-0.4, -0.2) is 53.5 Å². The molecule has 0 aromatic rings. The molecule has 0 fully saturated rings. The van der Waals surface area contributed by atoms with E-state index < -0.39 is 28.4 Å². The lowest BCUT2D eigenvalue weighted by molar-refractivity contribution is -0.172. The van der Waals surface area contributed by atoms with E-state index in [0.29, 0.717) is 19.6 Å². The maximum atomic E-state index is 12.0. The van der Waals surface area contributed by atoms with E-state index in [1.807, 2.05) is 13.8 Å². The van der Waals surface area contributed by atoms with Gasteiger partial charge in [-0.25, -0.2) is 4.79 Å². The molecule has 0 saturated heterocycles. The molecule has 1 atom stereocenters. The highest BCUT2D eigenvalue weighted by Gasteiger charge is 2.43. The number of rotatable bonds is 18.